The molecule has 0 spiro atoms. The van der Waals surface area contributed by atoms with Crippen molar-refractivity contribution >= 4 is 86.8 Å². The number of oxime groups is 1. The number of aromatic hydroxyl groups is 2. The van der Waals surface area contributed by atoms with Crippen molar-refractivity contribution in [2.24, 2.45) is 5.16 Å². The van der Waals surface area contributed by atoms with Gasteiger partial charge in [0, 0.05) is 29.5 Å². The van der Waals surface area contributed by atoms with E-state index in [2.05, 4.69) is 20.8 Å². The lowest BCUT2D eigenvalue weighted by atomic mass is 10.0. The minimum atomic E-state index is -1.81. The molecule has 2 atom stereocenters. The number of nitrogens with two attached hydrogens (primary N) is 1. The average Bonchev–Trinajstić information content (AvgIpc) is 3.72. The molecule has 0 aliphatic carbocycles. The number of aliphatic carboxylic acids is 2. The summed E-state index contributed by atoms with van der Waals surface area (Å²) in [6.07, 6.45) is 1.70. The van der Waals surface area contributed by atoms with Crippen LogP contribution < -0.4 is 21.5 Å². The van der Waals surface area contributed by atoms with Gasteiger partial charge in [-0.2, -0.15) is 0 Å². The van der Waals surface area contributed by atoms with E-state index in [4.69, 9.17) is 33.8 Å². The first-order chi connectivity index (χ1) is 24.0. The van der Waals surface area contributed by atoms with Crippen molar-refractivity contribution in [2.75, 3.05) is 44.2 Å². The second-order valence-corrected chi connectivity index (χ2v) is 15.3. The predicted molar refractivity (Wildman–Crippen MR) is 184 cm³/mol. The van der Waals surface area contributed by atoms with E-state index in [1.54, 1.807) is 0 Å². The molecule has 2 saturated heterocycles. The van der Waals surface area contributed by atoms with Gasteiger partial charge >= 0.3 is 5.97 Å². The van der Waals surface area contributed by atoms with Crippen LogP contribution in [-0.2, 0) is 24.0 Å². The van der Waals surface area contributed by atoms with Crippen molar-refractivity contribution in [2.45, 2.75) is 43.7 Å². The number of phenolic OH excluding ortho intramolecular Hbond substituents is 2. The zero-order valence-corrected chi connectivity index (χ0v) is 30.2. The molecule has 0 unspecified atom stereocenters. The number of thiazole rings is 1. The van der Waals surface area contributed by atoms with Crippen molar-refractivity contribution in [3.8, 4) is 11.5 Å². The highest BCUT2D eigenvalue weighted by molar-refractivity contribution is 8.00. The molecule has 3 aliphatic heterocycles. The molecule has 0 bridgehead atoms. The number of hydrogen-bond acceptors (Lipinski definition) is 14. The molecule has 3 aliphatic rings. The molecular formula is C30H33Cl2N7O10S2. The average molecular weight is 787 g/mol. The Balaban J connectivity index is 1.30. The molecule has 274 valence electrons. The first-order valence-corrected chi connectivity index (χ1v) is 18.1. The minimum absolute atomic E-state index is 0.0161. The number of halogens is 2. The summed E-state index contributed by atoms with van der Waals surface area (Å²) in [5.41, 5.74) is 3.51. The van der Waals surface area contributed by atoms with E-state index in [1.807, 2.05) is 0 Å². The third-order valence-electron chi connectivity index (χ3n) is 8.71. The van der Waals surface area contributed by atoms with Crippen molar-refractivity contribution < 1.29 is 53.7 Å². The van der Waals surface area contributed by atoms with Crippen LogP contribution in [0.4, 0.5) is 5.13 Å². The number of aromatic nitrogens is 1. The molecule has 17 nitrogen and oxygen atoms in total. The van der Waals surface area contributed by atoms with Crippen LogP contribution in [0.3, 0.4) is 0 Å². The Kier molecular flexibility index (Phi) is 11.0. The molecule has 2 fully saturated rings. The summed E-state index contributed by atoms with van der Waals surface area (Å²) in [4.78, 5) is 74.0. The molecule has 5 rings (SSSR count). The number of anilines is 1. The number of nitrogens with one attached hydrogen (secondary N) is 2. The van der Waals surface area contributed by atoms with Gasteiger partial charge < -0.3 is 50.9 Å². The van der Waals surface area contributed by atoms with Gasteiger partial charge in [0.2, 0.25) is 5.60 Å². The number of nitrogens with zero attached hydrogens (tertiary/aromatic N) is 4. The van der Waals surface area contributed by atoms with Crippen LogP contribution in [0.2, 0.25) is 10.0 Å². The Hall–Kier alpha value is -4.30. The number of β-lactam (4-membered cyclic amide) rings is 1. The number of phenols is 2. The smallest absolute Gasteiger partial charge is 0.350 e. The molecule has 1 aromatic carbocycles. The van der Waals surface area contributed by atoms with Crippen LogP contribution in [0, 0.1) is 0 Å². The third-order valence-corrected chi connectivity index (χ3v) is 11.4. The van der Waals surface area contributed by atoms with Gasteiger partial charge in [-0.05, 0) is 19.9 Å². The number of hydrogen-bond donors (Lipinski definition) is 6. The molecule has 4 heterocycles. The second-order valence-electron chi connectivity index (χ2n) is 12.6. The highest BCUT2D eigenvalue weighted by Crippen LogP contribution is 2.42. The maximum atomic E-state index is 13.4. The number of carboxylic acid groups (broad SMARTS) is 2. The predicted octanol–water partition coefficient (Wildman–Crippen LogP) is 0.472. The lowest BCUT2D eigenvalue weighted by molar-refractivity contribution is -0.911. The Bertz CT molecular complexity index is 1860. The lowest BCUT2D eigenvalue weighted by Gasteiger charge is -2.51. The van der Waals surface area contributed by atoms with Crippen LogP contribution in [0.25, 0.3) is 0 Å². The quantitative estimate of drug-likeness (QED) is 0.0532. The fourth-order valence-electron chi connectivity index (χ4n) is 5.94. The van der Waals surface area contributed by atoms with Gasteiger partial charge in [-0.3, -0.25) is 19.3 Å². The minimum Gasteiger partial charge on any atom is -0.543 e. The number of carboxylic acids is 2. The fraction of sp³-hybridized carbons (Fsp3) is 0.433. The Labute approximate surface area is 308 Å². The Morgan fingerprint density at radius 2 is 1.90 bits per heavy atom. The number of benzene rings is 1. The topological polar surface area (TPSA) is 257 Å². The zero-order chi connectivity index (χ0) is 37.4. The van der Waals surface area contributed by atoms with E-state index in [0.717, 1.165) is 35.1 Å². The van der Waals surface area contributed by atoms with Crippen LogP contribution in [0.5, 0.6) is 11.5 Å². The van der Waals surface area contributed by atoms with Crippen molar-refractivity contribution in [1.82, 2.24) is 20.5 Å². The van der Waals surface area contributed by atoms with E-state index in [0.29, 0.717) is 29.7 Å². The maximum Gasteiger partial charge on any atom is 0.350 e. The summed E-state index contributed by atoms with van der Waals surface area (Å²) in [6, 6.07) is -0.0194. The molecular weight excluding hydrogens is 753 g/mol. The number of carbonyl (C=O) groups is 5. The zero-order valence-electron chi connectivity index (χ0n) is 27.1. The number of nitrogen functional groups attached to an aromatic ring is 1. The molecule has 7 N–H and O–H groups in total. The fourth-order valence-corrected chi connectivity index (χ4v) is 8.26. The van der Waals surface area contributed by atoms with Gasteiger partial charge in [0.05, 0.1) is 53.5 Å². The second kappa shape index (κ2) is 14.7. The Morgan fingerprint density at radius 3 is 2.51 bits per heavy atom. The monoisotopic (exact) mass is 785 g/mol. The van der Waals surface area contributed by atoms with Crippen molar-refractivity contribution in [3.05, 3.63) is 44.0 Å². The van der Waals surface area contributed by atoms with Gasteiger partial charge in [-0.25, -0.2) is 9.78 Å². The summed E-state index contributed by atoms with van der Waals surface area (Å²) >= 11 is 14.2. The number of rotatable bonds is 13. The van der Waals surface area contributed by atoms with E-state index in [1.165, 1.54) is 31.0 Å². The van der Waals surface area contributed by atoms with Crippen molar-refractivity contribution in [1.29, 1.82) is 0 Å². The normalized spacial score (nSPS) is 20.0. The summed E-state index contributed by atoms with van der Waals surface area (Å²) in [6.45, 7) is 4.61. The first kappa shape index (κ1) is 37.9. The number of thioether (sulfide) groups is 1. The van der Waals surface area contributed by atoms with Crippen molar-refractivity contribution in [3.63, 3.8) is 0 Å². The van der Waals surface area contributed by atoms with Gasteiger partial charge in [0.15, 0.2) is 22.3 Å². The number of amides is 3. The molecule has 3 amide bonds. The molecule has 1 aromatic heterocycles. The van der Waals surface area contributed by atoms with Crippen LogP contribution in [-0.4, -0.2) is 121 Å². The van der Waals surface area contributed by atoms with Gasteiger partial charge in [-0.15, -0.1) is 23.1 Å². The third kappa shape index (κ3) is 7.67. The molecule has 0 radical (unpaired) electrons. The van der Waals surface area contributed by atoms with Crippen LogP contribution >= 0.6 is 46.3 Å². The van der Waals surface area contributed by atoms with E-state index >= 15 is 0 Å². The summed E-state index contributed by atoms with van der Waals surface area (Å²) in [5, 5.41) is 50.8. The van der Waals surface area contributed by atoms with Gasteiger partial charge in [0.25, 0.3) is 17.7 Å². The molecule has 21 heteroatoms. The Morgan fingerprint density at radius 1 is 1.22 bits per heavy atom. The summed E-state index contributed by atoms with van der Waals surface area (Å²) in [5.74, 6) is -6.32. The van der Waals surface area contributed by atoms with Gasteiger partial charge in [0.1, 0.15) is 23.7 Å². The van der Waals surface area contributed by atoms with Crippen LogP contribution in [0.15, 0.2) is 27.9 Å². The molecule has 2 aromatic rings. The first-order valence-electron chi connectivity index (χ1n) is 15.4. The maximum absolute atomic E-state index is 13.4. The number of fused-ring (bicyclic) bond motifs is 1. The summed E-state index contributed by atoms with van der Waals surface area (Å²) < 4.78 is 0.415. The number of likely N-dealkylation sites (tertiary alicyclic amines) is 1. The SMILES string of the molecule is CC(C)(O/N=C(\C(=O)N[C@@H]1C(=O)N2C(C(=O)[O-])=C(C[N+]3(CCNC(=O)c4cc(Cl)c(O)c(O)c4Cl)CCCC3)CS[C@H]12)c1csc(N)n1)C(=O)O. The highest BCUT2D eigenvalue weighted by Gasteiger charge is 2.54. The number of quaternary nitrogens is 1. The van der Waals surface area contributed by atoms with E-state index in [-0.39, 0.29) is 51.0 Å². The highest BCUT2D eigenvalue weighted by atomic mass is 35.5. The molecule has 0 saturated carbocycles. The summed E-state index contributed by atoms with van der Waals surface area (Å²) in [7, 11) is 0. The molecule has 51 heavy (non-hydrogen) atoms. The standard InChI is InChI=1S/C30H33Cl2N7O10S2/c1-30(2,28(47)48)49-37-18(16-12-51-29(33)35-16)24(43)36-19-25(44)38-20(27(45)46)13(11-50-26(19)38)10-39(6-3-4-7-39)8-5-34-23(42)14-9-15(31)21(40)22(41)17(14)32/h9,12,19,26H,3-8,10-11H2,1-2H3,(H7-,33,34,35,36,37,40,41,42,43,45,46,47,48)/t19-,26-/m1/s1. The van der Waals surface area contributed by atoms with E-state index in [9.17, 15) is 44.4 Å². The number of carbonyl (C=O) groups excluding carboxylic acids is 4. The van der Waals surface area contributed by atoms with E-state index < -0.39 is 63.9 Å². The van der Waals surface area contributed by atoms with Gasteiger partial charge in [-0.1, -0.05) is 28.4 Å². The largest absolute Gasteiger partial charge is 0.543 e. The van der Waals surface area contributed by atoms with Crippen LogP contribution in [0.1, 0.15) is 42.7 Å². The lowest BCUT2D eigenvalue weighted by Crippen LogP contribution is -2.72.